The predicted molar refractivity (Wildman–Crippen MR) is 190 cm³/mol. The second-order valence-electron chi connectivity index (χ2n) is 12.5. The van der Waals surface area contributed by atoms with E-state index in [2.05, 4.69) is 9.88 Å². The van der Waals surface area contributed by atoms with Crippen LogP contribution in [0.5, 0.6) is 11.5 Å². The molecule has 276 valence electrons. The Morgan fingerprint density at radius 3 is 2.31 bits per heavy atom. The molecular weight excluding hydrogens is 719 g/mol. The highest BCUT2D eigenvalue weighted by atomic mass is 35.5. The van der Waals surface area contributed by atoms with Crippen molar-refractivity contribution in [1.82, 2.24) is 4.90 Å². The molecule has 0 unspecified atom stereocenters. The third-order valence-electron chi connectivity index (χ3n) is 9.45. The Bertz CT molecular complexity index is 1860. The van der Waals surface area contributed by atoms with Gasteiger partial charge < -0.3 is 24.4 Å². The molecule has 1 amide bonds. The van der Waals surface area contributed by atoms with Crippen LogP contribution in [0.1, 0.15) is 58.0 Å². The van der Waals surface area contributed by atoms with Crippen LogP contribution in [0, 0.1) is 5.92 Å². The summed E-state index contributed by atoms with van der Waals surface area (Å²) >= 11 is 13.0. The molecule has 3 aliphatic rings. The highest BCUT2D eigenvalue weighted by molar-refractivity contribution is 6.35. The standard InChI is InChI=1S/C38H37Cl2F2N3O6.H2O/c1-48-32-11-10-25(17-34(32)49-2)33(18-28-29(39)19-43-20-30(28)40)50-37(46)26-7-5-6-23(16-26)21-45(31-9-4-3-8-27(31)36(41)42)38(47)51-35-22-44-14-12-24(35)13-15-44;/h3-11,16-17,19-20,24,33,35-36H,12-15,18,21-22H2,1-2H3;1H2/t33-,35-;/m0./s1. The fourth-order valence-corrected chi connectivity index (χ4v) is 7.25. The molecule has 2 atom stereocenters. The van der Waals surface area contributed by atoms with E-state index in [4.69, 9.17) is 42.1 Å². The number of H-pyrrole nitrogens is 1. The van der Waals surface area contributed by atoms with Crippen LogP contribution in [0.3, 0.4) is 0 Å². The largest absolute Gasteiger partial charge is 0.870 e. The molecule has 10 nitrogen and oxygen atoms in total. The van der Waals surface area contributed by atoms with Gasteiger partial charge in [-0.05, 0) is 73.3 Å². The van der Waals surface area contributed by atoms with E-state index in [-0.39, 0.29) is 47.3 Å². The number of hydrogen-bond acceptors (Lipinski definition) is 8. The van der Waals surface area contributed by atoms with Gasteiger partial charge in [-0.25, -0.2) is 23.4 Å². The Kier molecular flexibility index (Phi) is 12.9. The Hall–Kier alpha value is -4.49. The first kappa shape index (κ1) is 38.7. The van der Waals surface area contributed by atoms with E-state index >= 15 is 0 Å². The Morgan fingerprint density at radius 2 is 1.65 bits per heavy atom. The molecule has 7 rings (SSSR count). The van der Waals surface area contributed by atoms with Gasteiger partial charge in [0, 0.05) is 24.1 Å². The van der Waals surface area contributed by atoms with Crippen molar-refractivity contribution >= 4 is 41.0 Å². The third kappa shape index (κ3) is 8.75. The lowest BCUT2D eigenvalue weighted by Gasteiger charge is -2.44. The number of hydrogen-bond donors (Lipinski definition) is 0. The minimum atomic E-state index is -2.83. The van der Waals surface area contributed by atoms with E-state index in [1.165, 1.54) is 37.3 Å². The fourth-order valence-electron chi connectivity index (χ4n) is 6.72. The van der Waals surface area contributed by atoms with Gasteiger partial charge in [-0.1, -0.05) is 59.6 Å². The summed E-state index contributed by atoms with van der Waals surface area (Å²) < 4.78 is 51.4. The molecule has 0 radical (unpaired) electrons. The van der Waals surface area contributed by atoms with E-state index < -0.39 is 24.6 Å². The molecule has 1 aromatic heterocycles. The molecule has 3 fully saturated rings. The topological polar surface area (TPSA) is 122 Å². The SMILES string of the molecule is COc1ccc([C@H](Cc2c(Cl)c[nH+]cc2Cl)OC(=O)c2cccc(CN(C(=O)O[C@H]3CN4CCC3CC4)c3ccccc3C(F)F)c2)cc1OC.[OH-]. The van der Waals surface area contributed by atoms with Crippen LogP contribution >= 0.6 is 23.2 Å². The molecular formula is C38H39Cl2F2N3O7. The van der Waals surface area contributed by atoms with Crippen molar-refractivity contribution < 1.29 is 47.8 Å². The number of halogens is 4. The number of anilines is 1. The number of pyridine rings is 1. The van der Waals surface area contributed by atoms with Gasteiger partial charge in [-0.2, -0.15) is 0 Å². The molecule has 3 aromatic carbocycles. The zero-order valence-electron chi connectivity index (χ0n) is 28.6. The van der Waals surface area contributed by atoms with Gasteiger partial charge >= 0.3 is 12.1 Å². The number of aromatic amines is 1. The summed E-state index contributed by atoms with van der Waals surface area (Å²) in [6, 6.07) is 17.6. The maximum atomic E-state index is 14.2. The van der Waals surface area contributed by atoms with Crippen LogP contribution in [-0.2, 0) is 22.4 Å². The Morgan fingerprint density at radius 1 is 0.942 bits per heavy atom. The number of methoxy groups -OCH3 is 2. The number of rotatable bonds is 12. The van der Waals surface area contributed by atoms with E-state index in [0.29, 0.717) is 44.8 Å². The molecule has 3 saturated heterocycles. The first-order chi connectivity index (χ1) is 24.6. The van der Waals surface area contributed by atoms with Crippen LogP contribution in [0.15, 0.2) is 79.1 Å². The smallest absolute Gasteiger partial charge is 0.414 e. The monoisotopic (exact) mass is 757 g/mol. The summed E-state index contributed by atoms with van der Waals surface area (Å²) in [4.78, 5) is 34.0. The average Bonchev–Trinajstić information content (AvgIpc) is 3.15. The van der Waals surface area contributed by atoms with Crippen molar-refractivity contribution in [2.75, 3.05) is 38.8 Å². The van der Waals surface area contributed by atoms with Crippen LogP contribution in [-0.4, -0.2) is 62.4 Å². The maximum absolute atomic E-state index is 14.2. The average molecular weight is 759 g/mol. The highest BCUT2D eigenvalue weighted by Gasteiger charge is 2.38. The highest BCUT2D eigenvalue weighted by Crippen LogP contribution is 2.37. The van der Waals surface area contributed by atoms with Crippen molar-refractivity contribution in [3.8, 4) is 11.5 Å². The molecule has 52 heavy (non-hydrogen) atoms. The number of esters is 1. The molecule has 4 heterocycles. The predicted octanol–water partition coefficient (Wildman–Crippen LogP) is 7.96. The second-order valence-corrected chi connectivity index (χ2v) is 13.4. The van der Waals surface area contributed by atoms with Crippen molar-refractivity contribution in [1.29, 1.82) is 0 Å². The summed E-state index contributed by atoms with van der Waals surface area (Å²) in [6.07, 6.45) is 0.395. The number of amides is 1. The number of aromatic nitrogens is 1. The summed E-state index contributed by atoms with van der Waals surface area (Å²) in [6.45, 7) is 2.39. The molecule has 0 spiro atoms. The van der Waals surface area contributed by atoms with Crippen LogP contribution in [0.2, 0.25) is 10.0 Å². The lowest BCUT2D eigenvalue weighted by Crippen LogP contribution is -2.53. The quantitative estimate of drug-likeness (QED) is 0.134. The minimum absolute atomic E-state index is 0. The number of carbonyl (C=O) groups is 2. The lowest BCUT2D eigenvalue weighted by molar-refractivity contribution is -0.377. The zero-order chi connectivity index (χ0) is 36.1. The van der Waals surface area contributed by atoms with Gasteiger partial charge in [0.05, 0.1) is 32.0 Å². The molecule has 14 heteroatoms. The number of benzene rings is 3. The number of alkyl halides is 2. The summed E-state index contributed by atoms with van der Waals surface area (Å²) in [5.74, 6) is 0.489. The number of ether oxygens (including phenoxy) is 4. The van der Waals surface area contributed by atoms with Gasteiger partial charge in [0.2, 0.25) is 0 Å². The van der Waals surface area contributed by atoms with Crippen LogP contribution in [0.4, 0.5) is 19.3 Å². The van der Waals surface area contributed by atoms with Crippen LogP contribution in [0.25, 0.3) is 0 Å². The molecule has 0 aliphatic carbocycles. The zero-order valence-corrected chi connectivity index (χ0v) is 30.1. The second kappa shape index (κ2) is 17.4. The minimum Gasteiger partial charge on any atom is -0.870 e. The van der Waals surface area contributed by atoms with Gasteiger partial charge in [0.25, 0.3) is 6.43 Å². The van der Waals surface area contributed by atoms with Gasteiger partial charge in [-0.3, -0.25) is 9.80 Å². The number of nitrogens with one attached hydrogen (secondary N) is 1. The number of nitrogens with zero attached hydrogens (tertiary/aromatic N) is 2. The van der Waals surface area contributed by atoms with E-state index in [0.717, 1.165) is 25.9 Å². The summed E-state index contributed by atoms with van der Waals surface area (Å²) in [5.41, 5.74) is 1.59. The molecule has 0 saturated carbocycles. The van der Waals surface area contributed by atoms with E-state index in [1.54, 1.807) is 60.9 Å². The van der Waals surface area contributed by atoms with Crippen LogP contribution < -0.4 is 19.4 Å². The fraction of sp³-hybridized carbons (Fsp3) is 0.342. The first-order valence-electron chi connectivity index (χ1n) is 16.6. The van der Waals surface area contributed by atoms with Crippen molar-refractivity contribution in [3.63, 3.8) is 0 Å². The van der Waals surface area contributed by atoms with Gasteiger partial charge in [-0.15, -0.1) is 0 Å². The van der Waals surface area contributed by atoms with Crippen molar-refractivity contribution in [2.24, 2.45) is 5.92 Å². The number of piperidine rings is 3. The van der Waals surface area contributed by atoms with E-state index in [1.807, 2.05) is 0 Å². The summed E-state index contributed by atoms with van der Waals surface area (Å²) in [5, 5.41) is 0.723. The molecule has 4 aromatic rings. The van der Waals surface area contributed by atoms with Crippen molar-refractivity contribution in [3.05, 3.63) is 117 Å². The van der Waals surface area contributed by atoms with Crippen molar-refractivity contribution in [2.45, 2.75) is 44.4 Å². The van der Waals surface area contributed by atoms with Gasteiger partial charge in [0.1, 0.15) is 22.3 Å². The van der Waals surface area contributed by atoms with Gasteiger partial charge in [0.15, 0.2) is 23.9 Å². The first-order valence-corrected chi connectivity index (χ1v) is 17.3. The molecule has 2 N–H and O–H groups in total. The van der Waals surface area contributed by atoms with E-state index in [9.17, 15) is 18.4 Å². The number of carbonyl (C=O) groups excluding carboxylic acids is 2. The Balaban J connectivity index is 0.00000523. The summed E-state index contributed by atoms with van der Waals surface area (Å²) in [7, 11) is 3.03. The molecule has 3 aliphatic heterocycles. The molecule has 2 bridgehead atoms. The normalized spacial score (nSPS) is 18.2. The third-order valence-corrected chi connectivity index (χ3v) is 10.1. The Labute approximate surface area is 310 Å². The lowest BCUT2D eigenvalue weighted by atomic mass is 9.86. The number of para-hydroxylation sites is 1. The maximum Gasteiger partial charge on any atom is 0.414 e. The number of fused-ring (bicyclic) bond motifs is 3.